The van der Waals surface area contributed by atoms with E-state index in [9.17, 15) is 19.5 Å². The van der Waals surface area contributed by atoms with Gasteiger partial charge >= 0.3 is 0 Å². The minimum absolute atomic E-state index is 0.214. The lowest BCUT2D eigenvalue weighted by Crippen LogP contribution is -2.52. The van der Waals surface area contributed by atoms with E-state index in [1.165, 1.54) is 48.3 Å². The average Bonchev–Trinajstić information content (AvgIpc) is 3.41. The van der Waals surface area contributed by atoms with E-state index in [0.717, 1.165) is 31.7 Å². The van der Waals surface area contributed by atoms with Crippen molar-refractivity contribution in [2.45, 2.75) is 94.6 Å². The third-order valence-electron chi connectivity index (χ3n) is 9.87. The van der Waals surface area contributed by atoms with Crippen LogP contribution in [-0.4, -0.2) is 68.8 Å². The summed E-state index contributed by atoms with van der Waals surface area (Å²) in [4.78, 5) is 48.1. The van der Waals surface area contributed by atoms with Gasteiger partial charge in [0.05, 0.1) is 23.5 Å². The summed E-state index contributed by atoms with van der Waals surface area (Å²) in [6, 6.07) is 13.4. The van der Waals surface area contributed by atoms with Crippen LogP contribution in [0.4, 0.5) is 5.69 Å². The Bertz CT molecular complexity index is 1320. The number of carbonyl (C=O) groups is 3. The first-order valence-corrected chi connectivity index (χ1v) is 14.8. The topological polar surface area (TPSA) is 106 Å². The number of aromatic nitrogens is 1. The highest BCUT2D eigenvalue weighted by atomic mass is 16.3. The molecule has 0 radical (unpaired) electrons. The van der Waals surface area contributed by atoms with Crippen LogP contribution in [0.25, 0.3) is 0 Å². The minimum Gasteiger partial charge on any atom is -0.383 e. The fourth-order valence-corrected chi connectivity index (χ4v) is 7.60. The summed E-state index contributed by atoms with van der Waals surface area (Å²) in [7, 11) is 0. The van der Waals surface area contributed by atoms with Crippen molar-refractivity contribution < 1.29 is 19.5 Å². The number of aliphatic hydroxyl groups is 1. The van der Waals surface area contributed by atoms with Crippen LogP contribution in [0, 0.1) is 0 Å². The molecule has 5 aliphatic heterocycles. The predicted molar refractivity (Wildman–Crippen MR) is 148 cm³/mol. The standard InChI is InChI=1S/C31H37N5O4/c37-28-13-11-26(29(38)33-28)35-19-25-24(30(35)39)10-12-27(32-25)31(40)14-16-34(17-15-31)18-20-4-6-23(7-5-20)36-21-2-1-3-22(36)9-8-21/h4-7,10,12,21-22,26,40H,1-3,8-9,11,13-19H2,(H,33,37,38)/t21-,22+,26?. The second-order valence-corrected chi connectivity index (χ2v) is 12.3. The Kier molecular flexibility index (Phi) is 6.39. The Hall–Kier alpha value is -3.30. The van der Waals surface area contributed by atoms with E-state index in [2.05, 4.69) is 39.4 Å². The maximum absolute atomic E-state index is 13.0. The summed E-state index contributed by atoms with van der Waals surface area (Å²) in [5.41, 5.74) is 3.25. The van der Waals surface area contributed by atoms with Gasteiger partial charge in [-0.1, -0.05) is 12.1 Å². The highest BCUT2D eigenvalue weighted by molar-refractivity contribution is 6.05. The van der Waals surface area contributed by atoms with Gasteiger partial charge in [0.1, 0.15) is 11.6 Å². The normalized spacial score (nSPS) is 28.1. The molecule has 3 atom stereocenters. The van der Waals surface area contributed by atoms with E-state index in [4.69, 9.17) is 4.98 Å². The maximum Gasteiger partial charge on any atom is 0.256 e. The van der Waals surface area contributed by atoms with Gasteiger partial charge in [-0.25, -0.2) is 0 Å². The predicted octanol–water partition coefficient (Wildman–Crippen LogP) is 2.85. The van der Waals surface area contributed by atoms with E-state index in [1.54, 1.807) is 12.1 Å². The average molecular weight is 544 g/mol. The van der Waals surface area contributed by atoms with Crippen molar-refractivity contribution >= 4 is 23.4 Å². The molecule has 0 aliphatic carbocycles. The Morgan fingerprint density at radius 1 is 0.925 bits per heavy atom. The van der Waals surface area contributed by atoms with Crippen LogP contribution in [0.3, 0.4) is 0 Å². The molecule has 5 aliphatic rings. The quantitative estimate of drug-likeness (QED) is 0.559. The van der Waals surface area contributed by atoms with Gasteiger partial charge in [0, 0.05) is 43.8 Å². The summed E-state index contributed by atoms with van der Waals surface area (Å²) in [5.74, 6) is -0.984. The molecule has 9 heteroatoms. The minimum atomic E-state index is -1.05. The number of fused-ring (bicyclic) bond motifs is 3. The van der Waals surface area contributed by atoms with Gasteiger partial charge in [-0.3, -0.25) is 29.6 Å². The zero-order valence-corrected chi connectivity index (χ0v) is 22.8. The second-order valence-electron chi connectivity index (χ2n) is 12.3. The summed E-state index contributed by atoms with van der Waals surface area (Å²) < 4.78 is 0. The molecule has 2 N–H and O–H groups in total. The molecule has 210 valence electrons. The highest BCUT2D eigenvalue weighted by Gasteiger charge is 2.42. The lowest BCUT2D eigenvalue weighted by atomic mass is 9.87. The summed E-state index contributed by atoms with van der Waals surface area (Å²) in [5, 5.41) is 13.9. The van der Waals surface area contributed by atoms with Crippen LogP contribution in [0.5, 0.6) is 0 Å². The lowest BCUT2D eigenvalue weighted by molar-refractivity contribution is -0.136. The number of rotatable bonds is 5. The number of nitrogens with one attached hydrogen (secondary N) is 1. The number of anilines is 1. The number of imide groups is 1. The number of nitrogens with zero attached hydrogens (tertiary/aromatic N) is 4. The van der Waals surface area contributed by atoms with Crippen LogP contribution >= 0.6 is 0 Å². The summed E-state index contributed by atoms with van der Waals surface area (Å²) in [6.45, 7) is 2.59. The van der Waals surface area contributed by atoms with Crippen molar-refractivity contribution in [1.82, 2.24) is 20.1 Å². The summed E-state index contributed by atoms with van der Waals surface area (Å²) >= 11 is 0. The summed E-state index contributed by atoms with van der Waals surface area (Å²) in [6.07, 6.45) is 8.34. The zero-order valence-electron chi connectivity index (χ0n) is 22.8. The first-order valence-electron chi connectivity index (χ1n) is 14.8. The van der Waals surface area contributed by atoms with Crippen LogP contribution in [0.2, 0.25) is 0 Å². The highest BCUT2D eigenvalue weighted by Crippen LogP contribution is 2.39. The first kappa shape index (κ1) is 25.7. The largest absolute Gasteiger partial charge is 0.383 e. The molecule has 9 nitrogen and oxygen atoms in total. The zero-order chi connectivity index (χ0) is 27.4. The van der Waals surface area contributed by atoms with Gasteiger partial charge in [0.2, 0.25) is 11.8 Å². The van der Waals surface area contributed by atoms with E-state index in [1.807, 2.05) is 0 Å². The van der Waals surface area contributed by atoms with E-state index >= 15 is 0 Å². The monoisotopic (exact) mass is 543 g/mol. The Morgan fingerprint density at radius 3 is 2.35 bits per heavy atom. The number of carbonyl (C=O) groups excluding carboxylic acids is 3. The number of pyridine rings is 1. The van der Waals surface area contributed by atoms with E-state index in [0.29, 0.717) is 36.2 Å². The molecule has 4 fully saturated rings. The van der Waals surface area contributed by atoms with Crippen molar-refractivity contribution in [2.24, 2.45) is 0 Å². The molecule has 7 rings (SSSR count). The maximum atomic E-state index is 13.0. The van der Waals surface area contributed by atoms with Crippen LogP contribution in [-0.2, 0) is 28.3 Å². The lowest BCUT2D eigenvalue weighted by Gasteiger charge is -2.38. The molecule has 2 aromatic rings. The molecule has 0 saturated carbocycles. The number of hydrogen-bond acceptors (Lipinski definition) is 7. The van der Waals surface area contributed by atoms with Gasteiger partial charge in [0.15, 0.2) is 0 Å². The van der Waals surface area contributed by atoms with E-state index < -0.39 is 17.6 Å². The molecule has 2 bridgehead atoms. The van der Waals surface area contributed by atoms with Gasteiger partial charge < -0.3 is 14.9 Å². The third-order valence-corrected chi connectivity index (χ3v) is 9.87. The second kappa shape index (κ2) is 9.96. The smallest absolute Gasteiger partial charge is 0.256 e. The van der Waals surface area contributed by atoms with Crippen molar-refractivity contribution in [3.8, 4) is 0 Å². The van der Waals surface area contributed by atoms with Gasteiger partial charge in [-0.15, -0.1) is 0 Å². The number of likely N-dealkylation sites (tertiary alicyclic amines) is 1. The van der Waals surface area contributed by atoms with Gasteiger partial charge in [0.25, 0.3) is 5.91 Å². The molecule has 6 heterocycles. The Labute approximate surface area is 234 Å². The molecule has 1 aromatic heterocycles. The van der Waals surface area contributed by atoms with Crippen LogP contribution in [0.1, 0.15) is 85.1 Å². The Morgan fingerprint density at radius 2 is 1.65 bits per heavy atom. The third kappa shape index (κ3) is 4.49. The fraction of sp³-hybridized carbons (Fsp3) is 0.548. The van der Waals surface area contributed by atoms with Gasteiger partial charge in [-0.2, -0.15) is 0 Å². The SMILES string of the molecule is O=C1CCC(N2Cc3nc(C4(O)CCN(Cc5ccc(N6[C@@H]7CCC[C@H]6CC7)cc5)CC4)ccc3C2=O)C(=O)N1. The van der Waals surface area contributed by atoms with E-state index in [-0.39, 0.29) is 24.8 Å². The number of benzene rings is 1. The molecular formula is C31H37N5O4. The molecule has 1 unspecified atom stereocenters. The molecule has 4 saturated heterocycles. The molecular weight excluding hydrogens is 506 g/mol. The van der Waals surface area contributed by atoms with Crippen LogP contribution < -0.4 is 10.2 Å². The number of hydrogen-bond donors (Lipinski definition) is 2. The van der Waals surface area contributed by atoms with Gasteiger partial charge in [-0.05, 0) is 81.2 Å². The number of amides is 3. The Balaban J connectivity index is 0.976. The van der Waals surface area contributed by atoms with Crippen molar-refractivity contribution in [1.29, 1.82) is 0 Å². The fourth-order valence-electron chi connectivity index (χ4n) is 7.60. The van der Waals surface area contributed by atoms with Crippen molar-refractivity contribution in [3.05, 3.63) is 58.9 Å². The van der Waals surface area contributed by atoms with Crippen molar-refractivity contribution in [2.75, 3.05) is 18.0 Å². The number of piperidine rings is 3. The molecule has 40 heavy (non-hydrogen) atoms. The van der Waals surface area contributed by atoms with Crippen LogP contribution in [0.15, 0.2) is 36.4 Å². The molecule has 1 aromatic carbocycles. The van der Waals surface area contributed by atoms with Crippen molar-refractivity contribution in [3.63, 3.8) is 0 Å². The molecule has 3 amide bonds. The molecule has 0 spiro atoms. The first-order chi connectivity index (χ1) is 19.4.